The summed E-state index contributed by atoms with van der Waals surface area (Å²) in [5.41, 5.74) is 2.50. The fourth-order valence-electron chi connectivity index (χ4n) is 2.19. The summed E-state index contributed by atoms with van der Waals surface area (Å²) in [6.45, 7) is 4.18. The van der Waals surface area contributed by atoms with Crippen LogP contribution in [0.1, 0.15) is 30.4 Å². The molecule has 1 fully saturated rings. The zero-order valence-electron chi connectivity index (χ0n) is 8.52. The Hall–Kier alpha value is -0.890. The molecule has 0 aliphatic carbocycles. The van der Waals surface area contributed by atoms with Crippen molar-refractivity contribution in [1.29, 1.82) is 0 Å². The molecule has 14 heavy (non-hydrogen) atoms. The van der Waals surface area contributed by atoms with E-state index >= 15 is 0 Å². The molecule has 0 aromatic heterocycles. The van der Waals surface area contributed by atoms with Crippen LogP contribution in [0.2, 0.25) is 0 Å². The van der Waals surface area contributed by atoms with Crippen molar-refractivity contribution in [3.63, 3.8) is 0 Å². The van der Waals surface area contributed by atoms with Gasteiger partial charge in [0.2, 0.25) is 0 Å². The van der Waals surface area contributed by atoms with E-state index in [2.05, 4.69) is 12.2 Å². The van der Waals surface area contributed by atoms with Gasteiger partial charge in [-0.15, -0.1) is 0 Å². The highest BCUT2D eigenvalue weighted by atomic mass is 19.1. The standard InChI is InChI=1S/C12H16FN/c1-2-9-3-4-11(13)7-12(9)10-5-6-14-8-10/h3-4,7,10,14H,2,5-6,8H2,1H3/t10-/m1/s1. The first kappa shape index (κ1) is 9.66. The van der Waals surface area contributed by atoms with Crippen LogP contribution in [0.3, 0.4) is 0 Å². The molecule has 2 heteroatoms. The Morgan fingerprint density at radius 3 is 3.00 bits per heavy atom. The zero-order chi connectivity index (χ0) is 9.97. The molecule has 1 N–H and O–H groups in total. The van der Waals surface area contributed by atoms with Gasteiger partial charge >= 0.3 is 0 Å². The molecule has 0 spiro atoms. The number of hydrogen-bond donors (Lipinski definition) is 1. The lowest BCUT2D eigenvalue weighted by Gasteiger charge is -2.13. The first-order valence-corrected chi connectivity index (χ1v) is 5.30. The summed E-state index contributed by atoms with van der Waals surface area (Å²) >= 11 is 0. The molecule has 1 aromatic rings. The van der Waals surface area contributed by atoms with Crippen LogP contribution < -0.4 is 5.32 Å². The maximum atomic E-state index is 13.1. The first-order valence-electron chi connectivity index (χ1n) is 5.30. The third kappa shape index (κ3) is 1.80. The van der Waals surface area contributed by atoms with E-state index in [1.54, 1.807) is 12.1 Å². The van der Waals surface area contributed by atoms with Gasteiger partial charge < -0.3 is 5.32 Å². The van der Waals surface area contributed by atoms with Crippen molar-refractivity contribution >= 4 is 0 Å². The quantitative estimate of drug-likeness (QED) is 0.760. The third-order valence-electron chi connectivity index (χ3n) is 2.99. The van der Waals surface area contributed by atoms with Crippen LogP contribution in [0, 0.1) is 5.82 Å². The SMILES string of the molecule is CCc1ccc(F)cc1[C@@H]1CCNC1. The van der Waals surface area contributed by atoms with E-state index in [1.807, 2.05) is 6.07 Å². The first-order chi connectivity index (χ1) is 6.81. The van der Waals surface area contributed by atoms with Gasteiger partial charge in [-0.3, -0.25) is 0 Å². The summed E-state index contributed by atoms with van der Waals surface area (Å²) in [6, 6.07) is 5.18. The average molecular weight is 193 g/mol. The maximum absolute atomic E-state index is 13.1. The van der Waals surface area contributed by atoms with Crippen molar-refractivity contribution in [2.45, 2.75) is 25.7 Å². The second kappa shape index (κ2) is 4.09. The Labute approximate surface area is 84.3 Å². The Morgan fingerprint density at radius 2 is 2.36 bits per heavy atom. The van der Waals surface area contributed by atoms with Crippen molar-refractivity contribution in [1.82, 2.24) is 5.32 Å². The molecule has 0 amide bonds. The highest BCUT2D eigenvalue weighted by Gasteiger charge is 2.19. The van der Waals surface area contributed by atoms with Gasteiger partial charge in [-0.25, -0.2) is 4.39 Å². The third-order valence-corrected chi connectivity index (χ3v) is 2.99. The molecule has 76 valence electrons. The van der Waals surface area contributed by atoms with Crippen LogP contribution in [0.15, 0.2) is 18.2 Å². The van der Waals surface area contributed by atoms with Crippen LogP contribution in [0.5, 0.6) is 0 Å². The van der Waals surface area contributed by atoms with Gasteiger partial charge in [0.25, 0.3) is 0 Å². The topological polar surface area (TPSA) is 12.0 Å². The fraction of sp³-hybridized carbons (Fsp3) is 0.500. The second-order valence-corrected chi connectivity index (χ2v) is 3.89. The molecule has 0 radical (unpaired) electrons. The van der Waals surface area contributed by atoms with Gasteiger partial charge in [-0.2, -0.15) is 0 Å². The fourth-order valence-corrected chi connectivity index (χ4v) is 2.19. The van der Waals surface area contributed by atoms with Crippen molar-refractivity contribution in [2.75, 3.05) is 13.1 Å². The molecule has 1 aliphatic heterocycles. The smallest absolute Gasteiger partial charge is 0.123 e. The number of hydrogen-bond acceptors (Lipinski definition) is 1. The highest BCUT2D eigenvalue weighted by molar-refractivity contribution is 5.32. The highest BCUT2D eigenvalue weighted by Crippen LogP contribution is 2.26. The lowest BCUT2D eigenvalue weighted by Crippen LogP contribution is -2.09. The zero-order valence-corrected chi connectivity index (χ0v) is 8.52. The molecule has 2 rings (SSSR count). The molecule has 1 atom stereocenters. The lowest BCUT2D eigenvalue weighted by molar-refractivity contribution is 0.619. The molecular weight excluding hydrogens is 177 g/mol. The van der Waals surface area contributed by atoms with Crippen molar-refractivity contribution in [3.05, 3.63) is 35.1 Å². The molecule has 1 nitrogen and oxygen atoms in total. The number of benzene rings is 1. The van der Waals surface area contributed by atoms with E-state index in [9.17, 15) is 4.39 Å². The van der Waals surface area contributed by atoms with Crippen LogP contribution in [-0.4, -0.2) is 13.1 Å². The van der Waals surface area contributed by atoms with Gasteiger partial charge in [0.05, 0.1) is 0 Å². The van der Waals surface area contributed by atoms with Crippen molar-refractivity contribution in [2.24, 2.45) is 0 Å². The molecule has 1 aromatic carbocycles. The van der Waals surface area contributed by atoms with Gasteiger partial charge in [-0.05, 0) is 48.6 Å². The van der Waals surface area contributed by atoms with Gasteiger partial charge in [0, 0.05) is 6.54 Å². The van der Waals surface area contributed by atoms with E-state index in [0.717, 1.165) is 25.9 Å². The minimum Gasteiger partial charge on any atom is -0.316 e. The van der Waals surface area contributed by atoms with Gasteiger partial charge in [0.15, 0.2) is 0 Å². The number of rotatable bonds is 2. The average Bonchev–Trinajstić information content (AvgIpc) is 2.70. The van der Waals surface area contributed by atoms with E-state index in [0.29, 0.717) is 5.92 Å². The molecule has 0 bridgehead atoms. The molecule has 0 unspecified atom stereocenters. The minimum absolute atomic E-state index is 0.107. The summed E-state index contributed by atoms with van der Waals surface area (Å²) in [7, 11) is 0. The summed E-state index contributed by atoms with van der Waals surface area (Å²) in [5.74, 6) is 0.407. The summed E-state index contributed by atoms with van der Waals surface area (Å²) in [4.78, 5) is 0. The maximum Gasteiger partial charge on any atom is 0.123 e. The van der Waals surface area contributed by atoms with Gasteiger partial charge in [0.1, 0.15) is 5.82 Å². The van der Waals surface area contributed by atoms with Crippen molar-refractivity contribution in [3.8, 4) is 0 Å². The van der Waals surface area contributed by atoms with Gasteiger partial charge in [-0.1, -0.05) is 13.0 Å². The minimum atomic E-state index is -0.107. The lowest BCUT2D eigenvalue weighted by atomic mass is 9.92. The predicted octanol–water partition coefficient (Wildman–Crippen LogP) is 2.46. The Bertz CT molecular complexity index is 316. The number of nitrogens with one attached hydrogen (secondary N) is 1. The predicted molar refractivity (Wildman–Crippen MR) is 56.0 cm³/mol. The summed E-state index contributed by atoms with van der Waals surface area (Å²) in [5, 5.41) is 3.32. The van der Waals surface area contributed by atoms with Crippen LogP contribution in [0.4, 0.5) is 4.39 Å². The summed E-state index contributed by atoms with van der Waals surface area (Å²) in [6.07, 6.45) is 2.13. The van der Waals surface area contributed by atoms with Crippen LogP contribution >= 0.6 is 0 Å². The van der Waals surface area contributed by atoms with E-state index in [4.69, 9.17) is 0 Å². The Morgan fingerprint density at radius 1 is 1.50 bits per heavy atom. The molecule has 0 saturated carbocycles. The Balaban J connectivity index is 2.33. The van der Waals surface area contributed by atoms with E-state index in [-0.39, 0.29) is 5.82 Å². The largest absolute Gasteiger partial charge is 0.316 e. The van der Waals surface area contributed by atoms with E-state index < -0.39 is 0 Å². The van der Waals surface area contributed by atoms with Crippen molar-refractivity contribution < 1.29 is 4.39 Å². The van der Waals surface area contributed by atoms with Crippen LogP contribution in [-0.2, 0) is 6.42 Å². The van der Waals surface area contributed by atoms with Crippen LogP contribution in [0.25, 0.3) is 0 Å². The number of halogens is 1. The monoisotopic (exact) mass is 193 g/mol. The second-order valence-electron chi connectivity index (χ2n) is 3.89. The molecule has 1 saturated heterocycles. The molecule has 1 aliphatic rings. The Kier molecular flexibility index (Phi) is 2.82. The normalized spacial score (nSPS) is 21.4. The molecular formula is C12H16FN. The number of aryl methyl sites for hydroxylation is 1. The molecule has 1 heterocycles. The summed E-state index contributed by atoms with van der Waals surface area (Å²) < 4.78 is 13.1. The van der Waals surface area contributed by atoms with E-state index in [1.165, 1.54) is 11.1 Å².